The quantitative estimate of drug-likeness (QED) is 0.857. The van der Waals surface area contributed by atoms with Gasteiger partial charge in [0.25, 0.3) is 0 Å². The van der Waals surface area contributed by atoms with Crippen LogP contribution in [0.25, 0.3) is 10.2 Å². The van der Waals surface area contributed by atoms with Crippen LogP contribution in [-0.4, -0.2) is 23.9 Å². The van der Waals surface area contributed by atoms with Gasteiger partial charge >= 0.3 is 12.3 Å². The SMILES string of the molecule is Cc1cccc2sc(NCC(F)(F)C(F)F)nc12. The van der Waals surface area contributed by atoms with E-state index in [0.717, 1.165) is 21.6 Å². The summed E-state index contributed by atoms with van der Waals surface area (Å²) in [7, 11) is 0. The Kier molecular flexibility index (Phi) is 3.43. The van der Waals surface area contributed by atoms with E-state index in [9.17, 15) is 17.6 Å². The Labute approximate surface area is 105 Å². The van der Waals surface area contributed by atoms with Crippen LogP contribution in [0.3, 0.4) is 0 Å². The summed E-state index contributed by atoms with van der Waals surface area (Å²) in [6.07, 6.45) is -3.68. The summed E-state index contributed by atoms with van der Waals surface area (Å²) < 4.78 is 50.2. The molecule has 0 aliphatic heterocycles. The average molecular weight is 278 g/mol. The molecule has 2 nitrogen and oxygen atoms in total. The van der Waals surface area contributed by atoms with Gasteiger partial charge in [-0.1, -0.05) is 23.5 Å². The van der Waals surface area contributed by atoms with E-state index in [1.807, 2.05) is 19.1 Å². The highest BCUT2D eigenvalue weighted by Crippen LogP contribution is 2.29. The molecule has 0 fully saturated rings. The molecule has 1 heterocycles. The molecule has 0 radical (unpaired) electrons. The van der Waals surface area contributed by atoms with E-state index < -0.39 is 18.9 Å². The maximum Gasteiger partial charge on any atom is 0.324 e. The van der Waals surface area contributed by atoms with Gasteiger partial charge in [0, 0.05) is 0 Å². The molecule has 1 N–H and O–H groups in total. The van der Waals surface area contributed by atoms with Gasteiger partial charge < -0.3 is 5.32 Å². The number of thiazole rings is 1. The molecule has 98 valence electrons. The number of alkyl halides is 4. The van der Waals surface area contributed by atoms with Gasteiger partial charge in [0.2, 0.25) is 0 Å². The number of hydrogen-bond acceptors (Lipinski definition) is 3. The Bertz CT molecular complexity index is 553. The standard InChI is InChI=1S/C11H10F4N2S/c1-6-3-2-4-7-8(6)17-10(18-7)16-5-11(14,15)9(12)13/h2-4,9H,5H2,1H3,(H,16,17). The summed E-state index contributed by atoms with van der Waals surface area (Å²) in [5.74, 6) is -4.05. The average Bonchev–Trinajstić information content (AvgIpc) is 2.71. The summed E-state index contributed by atoms with van der Waals surface area (Å²) in [4.78, 5) is 4.10. The number of benzene rings is 1. The fraction of sp³-hybridized carbons (Fsp3) is 0.364. The van der Waals surface area contributed by atoms with E-state index >= 15 is 0 Å². The minimum atomic E-state index is -4.05. The number of nitrogens with one attached hydrogen (secondary N) is 1. The largest absolute Gasteiger partial charge is 0.355 e. The van der Waals surface area contributed by atoms with Gasteiger partial charge in [-0.15, -0.1) is 0 Å². The zero-order chi connectivity index (χ0) is 13.3. The number of aromatic nitrogens is 1. The van der Waals surface area contributed by atoms with Gasteiger partial charge in [0.1, 0.15) is 0 Å². The minimum Gasteiger partial charge on any atom is -0.355 e. The molecular formula is C11H10F4N2S. The number of para-hydroxylation sites is 1. The van der Waals surface area contributed by atoms with Crippen molar-refractivity contribution in [2.45, 2.75) is 19.3 Å². The zero-order valence-electron chi connectivity index (χ0n) is 9.38. The first-order chi connectivity index (χ1) is 8.40. The molecule has 0 amide bonds. The van der Waals surface area contributed by atoms with Crippen molar-refractivity contribution in [2.75, 3.05) is 11.9 Å². The summed E-state index contributed by atoms with van der Waals surface area (Å²) in [5, 5.41) is 2.48. The normalized spacial score (nSPS) is 12.3. The lowest BCUT2D eigenvalue weighted by atomic mass is 10.2. The summed E-state index contributed by atoms with van der Waals surface area (Å²) in [5.41, 5.74) is 1.61. The molecule has 0 unspecified atom stereocenters. The Morgan fingerprint density at radius 3 is 2.72 bits per heavy atom. The predicted octanol–water partition coefficient (Wildman–Crippen LogP) is 3.92. The maximum absolute atomic E-state index is 12.7. The van der Waals surface area contributed by atoms with Crippen LogP contribution in [0.15, 0.2) is 18.2 Å². The van der Waals surface area contributed by atoms with E-state index in [1.54, 1.807) is 6.07 Å². The highest BCUT2D eigenvalue weighted by molar-refractivity contribution is 7.22. The van der Waals surface area contributed by atoms with E-state index in [2.05, 4.69) is 10.3 Å². The highest BCUT2D eigenvalue weighted by Gasteiger charge is 2.40. The second-order valence-electron chi connectivity index (χ2n) is 3.86. The molecule has 0 spiro atoms. The third-order valence-corrected chi connectivity index (χ3v) is 3.39. The number of rotatable bonds is 4. The smallest absolute Gasteiger partial charge is 0.324 e. The van der Waals surface area contributed by atoms with Crippen LogP contribution in [0.2, 0.25) is 0 Å². The molecule has 2 rings (SSSR count). The van der Waals surface area contributed by atoms with E-state index in [-0.39, 0.29) is 5.13 Å². The second-order valence-corrected chi connectivity index (χ2v) is 4.89. The predicted molar refractivity (Wildman–Crippen MR) is 63.8 cm³/mol. The van der Waals surface area contributed by atoms with Crippen LogP contribution in [-0.2, 0) is 0 Å². The molecule has 0 aliphatic rings. The number of fused-ring (bicyclic) bond motifs is 1. The Balaban J connectivity index is 2.16. The lowest BCUT2D eigenvalue weighted by Crippen LogP contribution is -2.34. The van der Waals surface area contributed by atoms with Crippen LogP contribution < -0.4 is 5.32 Å². The first-order valence-corrected chi connectivity index (χ1v) is 5.98. The van der Waals surface area contributed by atoms with Crippen molar-refractivity contribution >= 4 is 26.7 Å². The third kappa shape index (κ3) is 2.55. The van der Waals surface area contributed by atoms with Gasteiger partial charge in [-0.3, -0.25) is 0 Å². The number of nitrogens with zero attached hydrogens (tertiary/aromatic N) is 1. The van der Waals surface area contributed by atoms with Crippen molar-refractivity contribution in [1.29, 1.82) is 0 Å². The number of anilines is 1. The van der Waals surface area contributed by atoms with Crippen molar-refractivity contribution < 1.29 is 17.6 Å². The van der Waals surface area contributed by atoms with E-state index in [0.29, 0.717) is 5.52 Å². The molecule has 2 aromatic rings. The number of hydrogen-bond donors (Lipinski definition) is 1. The number of aryl methyl sites for hydroxylation is 1. The molecule has 7 heteroatoms. The third-order valence-electron chi connectivity index (χ3n) is 2.42. The minimum absolute atomic E-state index is 0.222. The summed E-state index contributed by atoms with van der Waals surface area (Å²) >= 11 is 1.16. The topological polar surface area (TPSA) is 24.9 Å². The highest BCUT2D eigenvalue weighted by atomic mass is 32.1. The van der Waals surface area contributed by atoms with E-state index in [4.69, 9.17) is 0 Å². The Morgan fingerprint density at radius 2 is 2.11 bits per heavy atom. The van der Waals surface area contributed by atoms with Crippen LogP contribution in [0.1, 0.15) is 5.56 Å². The van der Waals surface area contributed by atoms with Crippen molar-refractivity contribution in [2.24, 2.45) is 0 Å². The molecule has 18 heavy (non-hydrogen) atoms. The lowest BCUT2D eigenvalue weighted by Gasteiger charge is -2.14. The molecule has 0 saturated heterocycles. The first-order valence-electron chi connectivity index (χ1n) is 5.16. The zero-order valence-corrected chi connectivity index (χ0v) is 10.2. The second kappa shape index (κ2) is 4.72. The van der Waals surface area contributed by atoms with Crippen LogP contribution >= 0.6 is 11.3 Å². The van der Waals surface area contributed by atoms with Gasteiger partial charge in [0.05, 0.1) is 16.8 Å². The van der Waals surface area contributed by atoms with E-state index in [1.165, 1.54) is 0 Å². The monoisotopic (exact) mass is 278 g/mol. The maximum atomic E-state index is 12.7. The molecule has 0 bridgehead atoms. The molecule has 1 aromatic heterocycles. The molecule has 0 saturated carbocycles. The van der Waals surface area contributed by atoms with Crippen molar-refractivity contribution in [3.05, 3.63) is 23.8 Å². The van der Waals surface area contributed by atoms with Crippen molar-refractivity contribution in [1.82, 2.24) is 4.98 Å². The Morgan fingerprint density at radius 1 is 1.39 bits per heavy atom. The van der Waals surface area contributed by atoms with Crippen LogP contribution in [0.4, 0.5) is 22.7 Å². The van der Waals surface area contributed by atoms with Gasteiger partial charge in [0.15, 0.2) is 5.13 Å². The van der Waals surface area contributed by atoms with Crippen molar-refractivity contribution in [3.8, 4) is 0 Å². The fourth-order valence-corrected chi connectivity index (χ4v) is 2.37. The van der Waals surface area contributed by atoms with Crippen LogP contribution in [0, 0.1) is 6.92 Å². The summed E-state index contributed by atoms with van der Waals surface area (Å²) in [6.45, 7) is 0.725. The fourth-order valence-electron chi connectivity index (χ4n) is 1.43. The lowest BCUT2D eigenvalue weighted by molar-refractivity contribution is -0.117. The molecular weight excluding hydrogens is 268 g/mol. The molecule has 1 aromatic carbocycles. The molecule has 0 atom stereocenters. The van der Waals surface area contributed by atoms with Gasteiger partial charge in [-0.05, 0) is 18.6 Å². The van der Waals surface area contributed by atoms with Gasteiger partial charge in [-0.25, -0.2) is 13.8 Å². The first kappa shape index (κ1) is 13.1. The van der Waals surface area contributed by atoms with Crippen molar-refractivity contribution in [3.63, 3.8) is 0 Å². The van der Waals surface area contributed by atoms with Gasteiger partial charge in [-0.2, -0.15) is 8.78 Å². The summed E-state index contributed by atoms with van der Waals surface area (Å²) in [6, 6.07) is 5.48. The Hall–Kier alpha value is -1.37. The molecule has 0 aliphatic carbocycles. The number of halogens is 4. The van der Waals surface area contributed by atoms with Crippen LogP contribution in [0.5, 0.6) is 0 Å².